The van der Waals surface area contributed by atoms with Crippen LogP contribution in [-0.2, 0) is 14.8 Å². The lowest BCUT2D eigenvalue weighted by molar-refractivity contribution is 0.0730. The van der Waals surface area contributed by atoms with Gasteiger partial charge in [0.1, 0.15) is 24.7 Å². The lowest BCUT2D eigenvalue weighted by atomic mass is 10.2. The topological polar surface area (TPSA) is 106 Å². The highest BCUT2D eigenvalue weighted by atomic mass is 32.2. The van der Waals surface area contributed by atoms with Crippen LogP contribution in [0.3, 0.4) is 0 Å². The van der Waals surface area contributed by atoms with E-state index in [4.69, 9.17) is 26.4 Å². The second kappa shape index (κ2) is 12.6. The van der Waals surface area contributed by atoms with Gasteiger partial charge in [-0.05, 0) is 66.8 Å². The van der Waals surface area contributed by atoms with Crippen molar-refractivity contribution in [1.82, 2.24) is 9.62 Å². The average Bonchev–Trinajstić information content (AvgIpc) is 2.92. The highest BCUT2D eigenvalue weighted by Crippen LogP contribution is 2.20. The highest BCUT2D eigenvalue weighted by Gasteiger charge is 2.26. The maximum absolute atomic E-state index is 12.7. The van der Waals surface area contributed by atoms with Gasteiger partial charge in [-0.2, -0.15) is 4.31 Å². The minimum absolute atomic E-state index is 0.0800. The van der Waals surface area contributed by atoms with Crippen molar-refractivity contribution in [3.05, 3.63) is 84.4 Å². The standard InChI is InChI=1S/C26H27N3O6S2/c30-25(20-5-4-8-23(19-20)35-18-17-34-22-6-2-1-3-7-22)28-26(36)27-21-9-11-24(12-10-21)37(31,32)29-13-15-33-16-14-29/h1-12,19H,13-18H2,(H2,27,28,30,36). The fourth-order valence-corrected chi connectivity index (χ4v) is 5.17. The van der Waals surface area contributed by atoms with Gasteiger partial charge in [0.15, 0.2) is 5.11 Å². The number of nitrogens with zero attached hydrogens (tertiary/aromatic N) is 1. The molecule has 0 saturated carbocycles. The van der Waals surface area contributed by atoms with E-state index in [9.17, 15) is 13.2 Å². The third-order valence-electron chi connectivity index (χ3n) is 5.41. The second-order valence-electron chi connectivity index (χ2n) is 7.99. The van der Waals surface area contributed by atoms with Gasteiger partial charge in [-0.1, -0.05) is 24.3 Å². The van der Waals surface area contributed by atoms with Crippen LogP contribution < -0.4 is 20.1 Å². The summed E-state index contributed by atoms with van der Waals surface area (Å²) >= 11 is 5.25. The summed E-state index contributed by atoms with van der Waals surface area (Å²) in [5.41, 5.74) is 0.916. The molecule has 1 heterocycles. The first-order chi connectivity index (χ1) is 17.9. The van der Waals surface area contributed by atoms with E-state index >= 15 is 0 Å². The second-order valence-corrected chi connectivity index (χ2v) is 10.3. The normalized spacial score (nSPS) is 13.9. The molecule has 0 atom stereocenters. The lowest BCUT2D eigenvalue weighted by Gasteiger charge is -2.26. The monoisotopic (exact) mass is 541 g/mol. The minimum Gasteiger partial charge on any atom is -0.490 e. The molecule has 9 nitrogen and oxygen atoms in total. The molecule has 1 aliphatic rings. The first kappa shape index (κ1) is 26.6. The summed E-state index contributed by atoms with van der Waals surface area (Å²) in [5, 5.41) is 5.59. The third-order valence-corrected chi connectivity index (χ3v) is 7.52. The number of carbonyl (C=O) groups excluding carboxylic acids is 1. The van der Waals surface area contributed by atoms with Crippen LogP contribution in [0.15, 0.2) is 83.8 Å². The summed E-state index contributed by atoms with van der Waals surface area (Å²) in [6.45, 7) is 2.09. The SMILES string of the molecule is O=C(NC(=S)Nc1ccc(S(=O)(=O)N2CCOCC2)cc1)c1cccc(OCCOc2ccccc2)c1. The van der Waals surface area contributed by atoms with Gasteiger partial charge in [0.2, 0.25) is 10.0 Å². The molecule has 3 aromatic rings. The van der Waals surface area contributed by atoms with Gasteiger partial charge in [0, 0.05) is 24.3 Å². The summed E-state index contributed by atoms with van der Waals surface area (Å²) < 4.78 is 43.4. The van der Waals surface area contributed by atoms with Gasteiger partial charge in [-0.3, -0.25) is 10.1 Å². The zero-order valence-electron chi connectivity index (χ0n) is 20.0. The van der Waals surface area contributed by atoms with E-state index in [0.717, 1.165) is 5.75 Å². The molecule has 1 saturated heterocycles. The number of hydrogen-bond acceptors (Lipinski definition) is 7. The summed E-state index contributed by atoms with van der Waals surface area (Å²) in [6, 6.07) is 22.4. The Kier molecular flexibility index (Phi) is 9.07. The molecule has 0 spiro atoms. The molecule has 0 aromatic heterocycles. The van der Waals surface area contributed by atoms with Crippen molar-refractivity contribution in [2.24, 2.45) is 0 Å². The Labute approximate surface area is 221 Å². The number of hydrogen-bond donors (Lipinski definition) is 2. The lowest BCUT2D eigenvalue weighted by Crippen LogP contribution is -2.40. The van der Waals surface area contributed by atoms with Crippen LogP contribution in [0.25, 0.3) is 0 Å². The highest BCUT2D eigenvalue weighted by molar-refractivity contribution is 7.89. The average molecular weight is 542 g/mol. The van der Waals surface area contributed by atoms with Crippen LogP contribution in [0.2, 0.25) is 0 Å². The first-order valence-electron chi connectivity index (χ1n) is 11.6. The smallest absolute Gasteiger partial charge is 0.257 e. The fraction of sp³-hybridized carbons (Fsp3) is 0.231. The minimum atomic E-state index is -3.59. The van der Waals surface area contributed by atoms with Crippen LogP contribution in [0.1, 0.15) is 10.4 Å². The Morgan fingerprint density at radius 2 is 1.54 bits per heavy atom. The number of benzene rings is 3. The van der Waals surface area contributed by atoms with Crippen molar-refractivity contribution in [2.75, 3.05) is 44.8 Å². The van der Waals surface area contributed by atoms with E-state index in [1.54, 1.807) is 36.4 Å². The molecule has 1 fully saturated rings. The number of para-hydroxylation sites is 1. The number of nitrogens with one attached hydrogen (secondary N) is 2. The molecular weight excluding hydrogens is 514 g/mol. The van der Waals surface area contributed by atoms with Crippen LogP contribution in [-0.4, -0.2) is 63.3 Å². The molecule has 3 aromatic carbocycles. The number of ether oxygens (including phenoxy) is 3. The van der Waals surface area contributed by atoms with Crippen LogP contribution in [0.4, 0.5) is 5.69 Å². The molecule has 37 heavy (non-hydrogen) atoms. The van der Waals surface area contributed by atoms with E-state index in [1.165, 1.54) is 16.4 Å². The molecule has 0 bridgehead atoms. The summed E-state index contributed by atoms with van der Waals surface area (Å²) in [7, 11) is -3.59. The maximum atomic E-state index is 12.7. The molecule has 0 radical (unpaired) electrons. The van der Waals surface area contributed by atoms with Crippen molar-refractivity contribution in [3.8, 4) is 11.5 Å². The van der Waals surface area contributed by atoms with Crippen molar-refractivity contribution >= 4 is 38.9 Å². The largest absolute Gasteiger partial charge is 0.490 e. The van der Waals surface area contributed by atoms with Crippen LogP contribution in [0.5, 0.6) is 11.5 Å². The predicted molar refractivity (Wildman–Crippen MR) is 144 cm³/mol. The van der Waals surface area contributed by atoms with Gasteiger partial charge in [0.25, 0.3) is 5.91 Å². The zero-order chi connectivity index (χ0) is 26.1. The zero-order valence-corrected chi connectivity index (χ0v) is 21.6. The van der Waals surface area contributed by atoms with Crippen molar-refractivity contribution in [3.63, 3.8) is 0 Å². The van der Waals surface area contributed by atoms with E-state index < -0.39 is 15.9 Å². The Morgan fingerprint density at radius 3 is 2.24 bits per heavy atom. The van der Waals surface area contributed by atoms with Crippen molar-refractivity contribution in [2.45, 2.75) is 4.90 Å². The Hall–Kier alpha value is -3.51. The number of carbonyl (C=O) groups is 1. The Balaban J connectivity index is 1.26. The molecule has 4 rings (SSSR count). The van der Waals surface area contributed by atoms with E-state index in [1.807, 2.05) is 30.3 Å². The van der Waals surface area contributed by atoms with Crippen LogP contribution in [0, 0.1) is 0 Å². The van der Waals surface area contributed by atoms with Gasteiger partial charge in [0.05, 0.1) is 18.1 Å². The molecule has 0 aliphatic carbocycles. The number of amides is 1. The van der Waals surface area contributed by atoms with Gasteiger partial charge in [-0.25, -0.2) is 8.42 Å². The van der Waals surface area contributed by atoms with E-state index in [2.05, 4.69) is 10.6 Å². The molecule has 11 heteroatoms. The fourth-order valence-electron chi connectivity index (χ4n) is 3.55. The number of thiocarbonyl (C=S) groups is 1. The third kappa shape index (κ3) is 7.49. The first-order valence-corrected chi connectivity index (χ1v) is 13.5. The Morgan fingerprint density at radius 1 is 0.892 bits per heavy atom. The van der Waals surface area contributed by atoms with Gasteiger partial charge < -0.3 is 19.5 Å². The van der Waals surface area contributed by atoms with Crippen molar-refractivity contribution in [1.29, 1.82) is 0 Å². The molecule has 1 amide bonds. The molecular formula is C26H27N3O6S2. The number of morpholine rings is 1. The van der Waals surface area contributed by atoms with E-state index in [0.29, 0.717) is 56.5 Å². The summed E-state index contributed by atoms with van der Waals surface area (Å²) in [5.74, 6) is 0.879. The number of anilines is 1. The summed E-state index contributed by atoms with van der Waals surface area (Å²) in [6.07, 6.45) is 0. The van der Waals surface area contributed by atoms with Crippen molar-refractivity contribution < 1.29 is 27.4 Å². The molecule has 1 aliphatic heterocycles. The maximum Gasteiger partial charge on any atom is 0.257 e. The van der Waals surface area contributed by atoms with Gasteiger partial charge >= 0.3 is 0 Å². The quantitative estimate of drug-likeness (QED) is 0.314. The number of rotatable bonds is 9. The Bertz CT molecular complexity index is 1310. The van der Waals surface area contributed by atoms with E-state index in [-0.39, 0.29) is 10.0 Å². The molecule has 0 unspecified atom stereocenters. The van der Waals surface area contributed by atoms with Crippen LogP contribution >= 0.6 is 12.2 Å². The van der Waals surface area contributed by atoms with Gasteiger partial charge in [-0.15, -0.1) is 0 Å². The number of sulfonamides is 1. The predicted octanol–water partition coefficient (Wildman–Crippen LogP) is 3.29. The summed E-state index contributed by atoms with van der Waals surface area (Å²) in [4.78, 5) is 12.8. The molecule has 2 N–H and O–H groups in total. The molecule has 194 valence electrons.